The number of fused-ring (bicyclic) bond motifs is 1. The van der Waals surface area contributed by atoms with Crippen molar-refractivity contribution in [2.45, 2.75) is 6.92 Å². The molecule has 0 aliphatic carbocycles. The molecule has 3 aromatic rings. The molecule has 0 atom stereocenters. The number of aromatic nitrogens is 4. The molecule has 0 saturated carbocycles. The summed E-state index contributed by atoms with van der Waals surface area (Å²) in [6.45, 7) is 1.87. The minimum atomic E-state index is 0.795. The van der Waals surface area contributed by atoms with E-state index in [-0.39, 0.29) is 0 Å². The molecule has 0 N–H and O–H groups in total. The summed E-state index contributed by atoms with van der Waals surface area (Å²) in [7, 11) is 0. The van der Waals surface area contributed by atoms with E-state index < -0.39 is 0 Å². The van der Waals surface area contributed by atoms with Crippen LogP contribution < -0.4 is 0 Å². The number of rotatable bonds is 2. The van der Waals surface area contributed by atoms with Crippen LogP contribution in [0.25, 0.3) is 17.1 Å². The SMILES string of the molecule is Cc1nnc2sc(/C=C/c3ccco3)nn12. The van der Waals surface area contributed by atoms with Gasteiger partial charge in [-0.3, -0.25) is 0 Å². The largest absolute Gasteiger partial charge is 0.465 e. The molecule has 0 aliphatic rings. The maximum absolute atomic E-state index is 5.19. The molecular formula is C10H8N4OS. The van der Waals surface area contributed by atoms with E-state index in [2.05, 4.69) is 15.3 Å². The Bertz CT molecular complexity index is 635. The lowest BCUT2D eigenvalue weighted by Crippen LogP contribution is -1.87. The molecule has 3 aromatic heterocycles. The van der Waals surface area contributed by atoms with Gasteiger partial charge in [-0.2, -0.15) is 9.61 Å². The summed E-state index contributed by atoms with van der Waals surface area (Å²) in [5.74, 6) is 1.60. The molecular weight excluding hydrogens is 224 g/mol. The van der Waals surface area contributed by atoms with Gasteiger partial charge in [0.1, 0.15) is 10.8 Å². The molecule has 0 amide bonds. The lowest BCUT2D eigenvalue weighted by molar-refractivity contribution is 0.557. The summed E-state index contributed by atoms with van der Waals surface area (Å²) < 4.78 is 6.92. The highest BCUT2D eigenvalue weighted by atomic mass is 32.1. The highest BCUT2D eigenvalue weighted by Crippen LogP contribution is 2.16. The molecule has 0 saturated heterocycles. The molecule has 6 heteroatoms. The Kier molecular flexibility index (Phi) is 2.07. The number of nitrogens with zero attached hydrogens (tertiary/aromatic N) is 4. The lowest BCUT2D eigenvalue weighted by atomic mass is 10.4. The fourth-order valence-corrected chi connectivity index (χ4v) is 2.12. The Balaban J connectivity index is 1.95. The van der Waals surface area contributed by atoms with E-state index in [0.29, 0.717) is 0 Å². The zero-order valence-corrected chi connectivity index (χ0v) is 9.31. The van der Waals surface area contributed by atoms with Crippen LogP contribution in [0.4, 0.5) is 0 Å². The van der Waals surface area contributed by atoms with Crippen LogP contribution in [0.15, 0.2) is 22.8 Å². The monoisotopic (exact) mass is 232 g/mol. The molecule has 80 valence electrons. The van der Waals surface area contributed by atoms with Crippen molar-refractivity contribution in [1.82, 2.24) is 19.8 Å². The summed E-state index contributed by atoms with van der Waals surface area (Å²) in [5, 5.41) is 13.2. The first-order valence-electron chi connectivity index (χ1n) is 4.73. The molecule has 3 heterocycles. The van der Waals surface area contributed by atoms with Crippen LogP contribution in [0, 0.1) is 6.92 Å². The second-order valence-corrected chi connectivity index (χ2v) is 4.22. The summed E-state index contributed by atoms with van der Waals surface area (Å²) in [4.78, 5) is 0.802. The Morgan fingerprint density at radius 2 is 2.31 bits per heavy atom. The molecule has 0 fully saturated rings. The topological polar surface area (TPSA) is 56.2 Å². The van der Waals surface area contributed by atoms with E-state index in [1.807, 2.05) is 31.2 Å². The van der Waals surface area contributed by atoms with Crippen molar-refractivity contribution in [2.24, 2.45) is 0 Å². The summed E-state index contributed by atoms with van der Waals surface area (Å²) in [5.41, 5.74) is 0. The quantitative estimate of drug-likeness (QED) is 0.680. The average Bonchev–Trinajstić information content (AvgIpc) is 2.95. The molecule has 0 aliphatic heterocycles. The predicted molar refractivity (Wildman–Crippen MR) is 61.0 cm³/mol. The Hall–Kier alpha value is -1.95. The van der Waals surface area contributed by atoms with Crippen molar-refractivity contribution >= 4 is 28.4 Å². The molecule has 0 aromatic carbocycles. The highest BCUT2D eigenvalue weighted by Gasteiger charge is 2.05. The van der Waals surface area contributed by atoms with Gasteiger partial charge < -0.3 is 4.42 Å². The number of hydrogen-bond acceptors (Lipinski definition) is 5. The van der Waals surface area contributed by atoms with Crippen molar-refractivity contribution in [3.8, 4) is 0 Å². The van der Waals surface area contributed by atoms with Gasteiger partial charge in [-0.05, 0) is 31.2 Å². The maximum Gasteiger partial charge on any atom is 0.234 e. The van der Waals surface area contributed by atoms with Crippen molar-refractivity contribution < 1.29 is 4.42 Å². The van der Waals surface area contributed by atoms with Crippen LogP contribution in [0.3, 0.4) is 0 Å². The first kappa shape index (κ1) is 9.29. The zero-order chi connectivity index (χ0) is 11.0. The van der Waals surface area contributed by atoms with Crippen LogP contribution in [-0.4, -0.2) is 19.8 Å². The van der Waals surface area contributed by atoms with E-state index in [1.54, 1.807) is 10.8 Å². The van der Waals surface area contributed by atoms with Gasteiger partial charge in [-0.1, -0.05) is 11.3 Å². The first-order valence-corrected chi connectivity index (χ1v) is 5.55. The number of furan rings is 1. The second kappa shape index (κ2) is 3.57. The van der Waals surface area contributed by atoms with Crippen LogP contribution in [0.5, 0.6) is 0 Å². The Morgan fingerprint density at radius 1 is 1.38 bits per heavy atom. The van der Waals surface area contributed by atoms with Gasteiger partial charge in [0.2, 0.25) is 4.96 Å². The molecule has 16 heavy (non-hydrogen) atoms. The molecule has 0 spiro atoms. The highest BCUT2D eigenvalue weighted by molar-refractivity contribution is 7.17. The van der Waals surface area contributed by atoms with Crippen LogP contribution >= 0.6 is 11.3 Å². The Morgan fingerprint density at radius 3 is 3.06 bits per heavy atom. The predicted octanol–water partition coefficient (Wildman–Crippen LogP) is 2.26. The van der Waals surface area contributed by atoms with Gasteiger partial charge in [-0.25, -0.2) is 0 Å². The minimum Gasteiger partial charge on any atom is -0.465 e. The third-order valence-electron chi connectivity index (χ3n) is 2.10. The van der Waals surface area contributed by atoms with E-state index in [4.69, 9.17) is 4.42 Å². The van der Waals surface area contributed by atoms with E-state index >= 15 is 0 Å². The fraction of sp³-hybridized carbons (Fsp3) is 0.100. The van der Waals surface area contributed by atoms with Crippen LogP contribution in [0.2, 0.25) is 0 Å². The van der Waals surface area contributed by atoms with Gasteiger partial charge in [0.05, 0.1) is 6.26 Å². The van der Waals surface area contributed by atoms with Gasteiger partial charge in [0, 0.05) is 0 Å². The second-order valence-electron chi connectivity index (χ2n) is 3.23. The molecule has 0 radical (unpaired) electrons. The zero-order valence-electron chi connectivity index (χ0n) is 8.49. The summed E-state index contributed by atoms with van der Waals surface area (Å²) in [6, 6.07) is 3.74. The normalized spacial score (nSPS) is 11.8. The first-order chi connectivity index (χ1) is 7.83. The van der Waals surface area contributed by atoms with Gasteiger partial charge >= 0.3 is 0 Å². The van der Waals surface area contributed by atoms with E-state index in [0.717, 1.165) is 21.6 Å². The number of aryl methyl sites for hydroxylation is 1. The maximum atomic E-state index is 5.19. The standard InChI is InChI=1S/C10H8N4OS/c1-7-11-12-10-14(7)13-9(16-10)5-4-8-3-2-6-15-8/h2-6H,1H3/b5-4+. The smallest absolute Gasteiger partial charge is 0.234 e. The van der Waals surface area contributed by atoms with E-state index in [9.17, 15) is 0 Å². The molecule has 5 nitrogen and oxygen atoms in total. The van der Waals surface area contributed by atoms with Crippen molar-refractivity contribution in [2.75, 3.05) is 0 Å². The number of hydrogen-bond donors (Lipinski definition) is 0. The average molecular weight is 232 g/mol. The molecule has 3 rings (SSSR count). The van der Waals surface area contributed by atoms with Gasteiger partial charge in [0.15, 0.2) is 5.82 Å². The Labute approximate surface area is 95.0 Å². The lowest BCUT2D eigenvalue weighted by Gasteiger charge is -1.83. The summed E-state index contributed by atoms with van der Waals surface area (Å²) in [6.07, 6.45) is 5.42. The van der Waals surface area contributed by atoms with Gasteiger partial charge in [0.25, 0.3) is 0 Å². The molecule has 0 bridgehead atoms. The van der Waals surface area contributed by atoms with Crippen molar-refractivity contribution in [3.63, 3.8) is 0 Å². The van der Waals surface area contributed by atoms with Gasteiger partial charge in [-0.15, -0.1) is 10.2 Å². The van der Waals surface area contributed by atoms with Crippen molar-refractivity contribution in [3.05, 3.63) is 35.0 Å². The fourth-order valence-electron chi connectivity index (χ4n) is 1.34. The minimum absolute atomic E-state index is 0.795. The third-order valence-corrected chi connectivity index (χ3v) is 2.96. The van der Waals surface area contributed by atoms with E-state index in [1.165, 1.54) is 11.3 Å². The van der Waals surface area contributed by atoms with Crippen LogP contribution in [-0.2, 0) is 0 Å². The third kappa shape index (κ3) is 1.53. The molecule has 0 unspecified atom stereocenters. The van der Waals surface area contributed by atoms with Crippen LogP contribution in [0.1, 0.15) is 16.6 Å². The van der Waals surface area contributed by atoms with Crippen molar-refractivity contribution in [1.29, 1.82) is 0 Å². The summed E-state index contributed by atoms with van der Waals surface area (Å²) >= 11 is 1.49.